The summed E-state index contributed by atoms with van der Waals surface area (Å²) in [6.07, 6.45) is 0.748. The van der Waals surface area contributed by atoms with Crippen LogP contribution in [0.25, 0.3) is 0 Å². The van der Waals surface area contributed by atoms with E-state index in [1.165, 1.54) is 0 Å². The van der Waals surface area contributed by atoms with Crippen molar-refractivity contribution in [3.05, 3.63) is 10.7 Å². The molecule has 1 aliphatic heterocycles. The van der Waals surface area contributed by atoms with Crippen LogP contribution in [0.4, 0.5) is 0 Å². The third-order valence-corrected chi connectivity index (χ3v) is 2.49. The van der Waals surface area contributed by atoms with Crippen LogP contribution in [0.2, 0.25) is 0 Å². The van der Waals surface area contributed by atoms with Gasteiger partial charge in [0.15, 0.2) is 5.60 Å². The maximum Gasteiger partial charge on any atom is 0.284 e. The Morgan fingerprint density at radius 2 is 2.38 bits per heavy atom. The quantitative estimate of drug-likeness (QED) is 0.785. The molecule has 1 unspecified atom stereocenters. The lowest BCUT2D eigenvalue weighted by Crippen LogP contribution is -2.29. The minimum Gasteiger partial charge on any atom is -0.412 e. The van der Waals surface area contributed by atoms with Gasteiger partial charge in [-0.1, -0.05) is 0 Å². The summed E-state index contributed by atoms with van der Waals surface area (Å²) in [7, 11) is 1.62. The molecule has 5 nitrogen and oxygen atoms in total. The summed E-state index contributed by atoms with van der Waals surface area (Å²) in [4.78, 5) is 0.367. The molecule has 0 aliphatic carbocycles. The maximum atomic E-state index is 5.36. The molecule has 1 aliphatic rings. The van der Waals surface area contributed by atoms with Gasteiger partial charge in [-0.2, -0.15) is 0 Å². The molecule has 0 aromatic carbocycles. The highest BCUT2D eigenvalue weighted by Crippen LogP contribution is 2.33. The van der Waals surface area contributed by atoms with E-state index >= 15 is 0 Å². The van der Waals surface area contributed by atoms with Crippen molar-refractivity contribution in [1.29, 1.82) is 0 Å². The minimum atomic E-state index is -0.543. The number of halogens is 1. The van der Waals surface area contributed by atoms with Gasteiger partial charge in [-0.3, -0.25) is 0 Å². The van der Waals surface area contributed by atoms with E-state index in [0.29, 0.717) is 23.9 Å². The number of methoxy groups -OCH3 is 1. The van der Waals surface area contributed by atoms with E-state index in [9.17, 15) is 0 Å². The van der Waals surface area contributed by atoms with Crippen LogP contribution < -0.4 is 0 Å². The highest BCUT2D eigenvalue weighted by atomic mass is 79.9. The van der Waals surface area contributed by atoms with Crippen LogP contribution in [0, 0.1) is 0 Å². The average molecular weight is 249 g/mol. The molecule has 0 radical (unpaired) electrons. The Morgan fingerprint density at radius 1 is 1.54 bits per heavy atom. The molecule has 1 aromatic rings. The summed E-state index contributed by atoms with van der Waals surface area (Å²) in [6.45, 7) is 1.13. The van der Waals surface area contributed by atoms with E-state index in [-0.39, 0.29) is 0 Å². The van der Waals surface area contributed by atoms with E-state index < -0.39 is 5.60 Å². The molecule has 1 aromatic heterocycles. The first-order valence-electron chi connectivity index (χ1n) is 3.89. The first kappa shape index (κ1) is 9.11. The van der Waals surface area contributed by atoms with E-state index in [2.05, 4.69) is 26.1 Å². The summed E-state index contributed by atoms with van der Waals surface area (Å²) in [5.74, 6) is 0.472. The third-order valence-electron chi connectivity index (χ3n) is 2.17. The van der Waals surface area contributed by atoms with E-state index in [4.69, 9.17) is 13.9 Å². The van der Waals surface area contributed by atoms with Crippen LogP contribution in [-0.4, -0.2) is 30.5 Å². The fraction of sp³-hybridized carbons (Fsp3) is 0.714. The summed E-state index contributed by atoms with van der Waals surface area (Å²) in [5, 5.41) is 7.59. The van der Waals surface area contributed by atoms with Crippen molar-refractivity contribution in [3.63, 3.8) is 0 Å². The zero-order valence-corrected chi connectivity index (χ0v) is 8.70. The number of aromatic nitrogens is 2. The predicted molar refractivity (Wildman–Crippen MR) is 46.1 cm³/mol. The van der Waals surface area contributed by atoms with Crippen LogP contribution in [0.1, 0.15) is 12.3 Å². The van der Waals surface area contributed by atoms with Crippen molar-refractivity contribution in [2.75, 3.05) is 20.3 Å². The highest BCUT2D eigenvalue weighted by molar-refractivity contribution is 9.10. The number of ether oxygens (including phenoxy) is 2. The molecule has 13 heavy (non-hydrogen) atoms. The summed E-state index contributed by atoms with van der Waals surface area (Å²) < 4.78 is 15.9. The Hall–Kier alpha value is -0.460. The molecule has 72 valence electrons. The normalized spacial score (nSPS) is 28.2. The minimum absolute atomic E-state index is 0.367. The fourth-order valence-corrected chi connectivity index (χ4v) is 1.59. The van der Waals surface area contributed by atoms with Crippen LogP contribution >= 0.6 is 15.9 Å². The van der Waals surface area contributed by atoms with Crippen molar-refractivity contribution >= 4 is 15.9 Å². The van der Waals surface area contributed by atoms with Gasteiger partial charge in [0.2, 0.25) is 0 Å². The zero-order chi connectivity index (χ0) is 9.31. The van der Waals surface area contributed by atoms with E-state index in [1.54, 1.807) is 7.11 Å². The zero-order valence-electron chi connectivity index (χ0n) is 7.12. The van der Waals surface area contributed by atoms with Crippen molar-refractivity contribution in [3.8, 4) is 0 Å². The first-order valence-corrected chi connectivity index (χ1v) is 4.68. The molecule has 0 spiro atoms. The Bertz CT molecular complexity index is 296. The van der Waals surface area contributed by atoms with Gasteiger partial charge in [0.1, 0.15) is 0 Å². The molecule has 6 heteroatoms. The Labute approximate surface area is 83.5 Å². The van der Waals surface area contributed by atoms with Gasteiger partial charge in [-0.15, -0.1) is 10.2 Å². The molecule has 1 atom stereocenters. The molecule has 1 fully saturated rings. The van der Waals surface area contributed by atoms with E-state index in [0.717, 1.165) is 6.42 Å². The second-order valence-electron chi connectivity index (χ2n) is 2.86. The van der Waals surface area contributed by atoms with Gasteiger partial charge in [-0.25, -0.2) is 0 Å². The standard InChI is InChI=1S/C7H9BrN2O3/c1-11-7(2-3-12-4-7)5-9-10-6(8)13-5/h2-4H2,1H3. The summed E-state index contributed by atoms with van der Waals surface area (Å²) in [5.41, 5.74) is -0.543. The second kappa shape index (κ2) is 3.36. The van der Waals surface area contributed by atoms with Crippen LogP contribution in [0.3, 0.4) is 0 Å². The van der Waals surface area contributed by atoms with Crippen LogP contribution in [0.5, 0.6) is 0 Å². The lowest BCUT2D eigenvalue weighted by Gasteiger charge is -2.20. The van der Waals surface area contributed by atoms with Crippen LogP contribution in [0.15, 0.2) is 9.22 Å². The van der Waals surface area contributed by atoms with Gasteiger partial charge in [0.05, 0.1) is 13.2 Å². The van der Waals surface area contributed by atoms with Crippen molar-refractivity contribution in [2.45, 2.75) is 12.0 Å². The number of hydrogen-bond acceptors (Lipinski definition) is 5. The molecule has 0 N–H and O–H groups in total. The fourth-order valence-electron chi connectivity index (χ4n) is 1.35. The number of hydrogen-bond donors (Lipinski definition) is 0. The van der Waals surface area contributed by atoms with Crippen molar-refractivity contribution in [2.24, 2.45) is 0 Å². The number of rotatable bonds is 2. The summed E-state index contributed by atoms with van der Waals surface area (Å²) >= 11 is 3.10. The maximum absolute atomic E-state index is 5.36. The lowest BCUT2D eigenvalue weighted by molar-refractivity contribution is -0.0415. The Balaban J connectivity index is 2.30. The van der Waals surface area contributed by atoms with Crippen molar-refractivity contribution in [1.82, 2.24) is 10.2 Å². The molecule has 0 saturated carbocycles. The molecular formula is C7H9BrN2O3. The monoisotopic (exact) mass is 248 g/mol. The molecule has 0 amide bonds. The molecule has 0 bridgehead atoms. The molecule has 1 saturated heterocycles. The smallest absolute Gasteiger partial charge is 0.284 e. The second-order valence-corrected chi connectivity index (χ2v) is 3.54. The van der Waals surface area contributed by atoms with Crippen LogP contribution in [-0.2, 0) is 15.1 Å². The topological polar surface area (TPSA) is 57.4 Å². The van der Waals surface area contributed by atoms with Crippen molar-refractivity contribution < 1.29 is 13.9 Å². The Morgan fingerprint density at radius 3 is 2.85 bits per heavy atom. The predicted octanol–water partition coefficient (Wildman–Crippen LogP) is 1.09. The molecule has 2 rings (SSSR count). The third kappa shape index (κ3) is 1.49. The van der Waals surface area contributed by atoms with Gasteiger partial charge >= 0.3 is 0 Å². The SMILES string of the molecule is COC1(c2nnc(Br)o2)CCOC1. The van der Waals surface area contributed by atoms with Gasteiger partial charge in [0, 0.05) is 29.5 Å². The lowest BCUT2D eigenvalue weighted by atomic mass is 10.0. The largest absolute Gasteiger partial charge is 0.412 e. The van der Waals surface area contributed by atoms with E-state index in [1.807, 2.05) is 0 Å². The highest BCUT2D eigenvalue weighted by Gasteiger charge is 2.42. The first-order chi connectivity index (χ1) is 6.27. The average Bonchev–Trinajstić information content (AvgIpc) is 2.73. The van der Waals surface area contributed by atoms with Gasteiger partial charge < -0.3 is 13.9 Å². The molecule has 2 heterocycles. The Kier molecular flexibility index (Phi) is 2.35. The molecular weight excluding hydrogens is 240 g/mol. The number of nitrogens with zero attached hydrogens (tertiary/aromatic N) is 2. The van der Waals surface area contributed by atoms with Gasteiger partial charge in [-0.05, 0) is 0 Å². The summed E-state index contributed by atoms with van der Waals surface area (Å²) in [6, 6.07) is 0. The van der Waals surface area contributed by atoms with Gasteiger partial charge in [0.25, 0.3) is 10.7 Å².